The van der Waals surface area contributed by atoms with Crippen molar-refractivity contribution in [2.45, 2.75) is 40.0 Å². The fraction of sp³-hybridized carbons (Fsp3) is 0.286. The van der Waals surface area contributed by atoms with Crippen molar-refractivity contribution in [3.8, 4) is 11.5 Å². The van der Waals surface area contributed by atoms with E-state index in [-0.39, 0.29) is 17.3 Å². The van der Waals surface area contributed by atoms with Gasteiger partial charge in [-0.25, -0.2) is 0 Å². The number of anilines is 1. The molecule has 5 nitrogen and oxygen atoms in total. The Bertz CT molecular complexity index is 914. The average molecular weight is 349 g/mol. The van der Waals surface area contributed by atoms with Gasteiger partial charge in [0.15, 0.2) is 0 Å². The van der Waals surface area contributed by atoms with Crippen LogP contribution in [-0.2, 0) is 5.41 Å². The van der Waals surface area contributed by atoms with Crippen LogP contribution in [0.5, 0.6) is 0 Å². The maximum Gasteiger partial charge on any atom is 0.322 e. The Morgan fingerprint density at radius 3 is 2.15 bits per heavy atom. The zero-order valence-electron chi connectivity index (χ0n) is 15.8. The van der Waals surface area contributed by atoms with Gasteiger partial charge in [-0.3, -0.25) is 10.1 Å². The summed E-state index contributed by atoms with van der Waals surface area (Å²) in [5.74, 6) is 0.108. The van der Waals surface area contributed by atoms with E-state index in [1.807, 2.05) is 38.1 Å². The molecule has 26 heavy (non-hydrogen) atoms. The van der Waals surface area contributed by atoms with Gasteiger partial charge in [0, 0.05) is 11.1 Å². The second-order valence-corrected chi connectivity index (χ2v) is 7.57. The molecule has 0 aliphatic carbocycles. The van der Waals surface area contributed by atoms with Crippen LogP contribution >= 0.6 is 0 Å². The Morgan fingerprint density at radius 1 is 0.962 bits per heavy atom. The zero-order valence-corrected chi connectivity index (χ0v) is 15.8. The SMILES string of the molecule is Cc1cc(C)cc(-c2nnc(NC(=O)c3ccc(C(C)(C)C)cc3)o2)c1. The number of benzene rings is 2. The van der Waals surface area contributed by atoms with Crippen molar-refractivity contribution in [2.24, 2.45) is 0 Å². The normalized spacial score (nSPS) is 11.4. The van der Waals surface area contributed by atoms with E-state index in [9.17, 15) is 4.79 Å². The highest BCUT2D eigenvalue weighted by Crippen LogP contribution is 2.24. The predicted octanol–water partition coefficient (Wildman–Crippen LogP) is 4.90. The fourth-order valence-corrected chi connectivity index (χ4v) is 2.78. The lowest BCUT2D eigenvalue weighted by Gasteiger charge is -2.18. The van der Waals surface area contributed by atoms with Gasteiger partial charge in [0.05, 0.1) is 0 Å². The zero-order chi connectivity index (χ0) is 18.9. The van der Waals surface area contributed by atoms with Crippen LogP contribution < -0.4 is 5.32 Å². The van der Waals surface area contributed by atoms with Crippen molar-refractivity contribution < 1.29 is 9.21 Å². The minimum atomic E-state index is -0.277. The maximum absolute atomic E-state index is 12.4. The summed E-state index contributed by atoms with van der Waals surface area (Å²) in [7, 11) is 0. The quantitative estimate of drug-likeness (QED) is 0.730. The van der Waals surface area contributed by atoms with Crippen LogP contribution in [0.25, 0.3) is 11.5 Å². The molecule has 2 aromatic carbocycles. The number of hydrogen-bond acceptors (Lipinski definition) is 4. The number of amides is 1. The number of aryl methyl sites for hydroxylation is 2. The topological polar surface area (TPSA) is 68.0 Å². The molecule has 0 radical (unpaired) electrons. The van der Waals surface area contributed by atoms with Gasteiger partial charge in [-0.05, 0) is 49.1 Å². The van der Waals surface area contributed by atoms with Crippen molar-refractivity contribution >= 4 is 11.9 Å². The lowest BCUT2D eigenvalue weighted by Crippen LogP contribution is -2.14. The van der Waals surface area contributed by atoms with E-state index in [1.54, 1.807) is 12.1 Å². The standard InChI is InChI=1S/C21H23N3O2/c1-13-10-14(2)12-16(11-13)19-23-24-20(26-19)22-18(25)15-6-8-17(9-7-15)21(3,4)5/h6-12H,1-5H3,(H,22,24,25). The van der Waals surface area contributed by atoms with E-state index >= 15 is 0 Å². The first-order chi connectivity index (χ1) is 12.2. The van der Waals surface area contributed by atoms with Crippen LogP contribution in [0.3, 0.4) is 0 Å². The molecule has 0 aliphatic heterocycles. The summed E-state index contributed by atoms with van der Waals surface area (Å²) in [6.07, 6.45) is 0. The van der Waals surface area contributed by atoms with E-state index < -0.39 is 0 Å². The summed E-state index contributed by atoms with van der Waals surface area (Å²) >= 11 is 0. The van der Waals surface area contributed by atoms with Crippen molar-refractivity contribution in [1.82, 2.24) is 10.2 Å². The van der Waals surface area contributed by atoms with Gasteiger partial charge in [-0.15, -0.1) is 5.10 Å². The molecule has 1 heterocycles. The molecule has 3 rings (SSSR count). The third-order valence-electron chi connectivity index (χ3n) is 4.13. The van der Waals surface area contributed by atoms with E-state index in [0.717, 1.165) is 16.7 Å². The van der Waals surface area contributed by atoms with Crippen molar-refractivity contribution in [2.75, 3.05) is 5.32 Å². The number of rotatable bonds is 3. The maximum atomic E-state index is 12.4. The van der Waals surface area contributed by atoms with Crippen molar-refractivity contribution in [3.63, 3.8) is 0 Å². The van der Waals surface area contributed by atoms with Gasteiger partial charge in [-0.2, -0.15) is 0 Å². The molecular formula is C21H23N3O2. The van der Waals surface area contributed by atoms with Crippen LogP contribution in [0.1, 0.15) is 47.8 Å². The molecule has 1 N–H and O–H groups in total. The first kappa shape index (κ1) is 17.9. The van der Waals surface area contributed by atoms with E-state index in [1.165, 1.54) is 5.56 Å². The third-order valence-corrected chi connectivity index (χ3v) is 4.13. The van der Waals surface area contributed by atoms with Crippen LogP contribution in [0, 0.1) is 13.8 Å². The molecular weight excluding hydrogens is 326 g/mol. The molecule has 0 aliphatic rings. The van der Waals surface area contributed by atoms with Gasteiger partial charge in [-0.1, -0.05) is 55.2 Å². The molecule has 3 aromatic rings. The molecule has 1 amide bonds. The molecule has 134 valence electrons. The lowest BCUT2D eigenvalue weighted by molar-refractivity contribution is 0.102. The highest BCUT2D eigenvalue weighted by molar-refractivity contribution is 6.03. The van der Waals surface area contributed by atoms with Gasteiger partial charge in [0.25, 0.3) is 5.91 Å². The Hall–Kier alpha value is -2.95. The number of hydrogen-bond donors (Lipinski definition) is 1. The van der Waals surface area contributed by atoms with Crippen LogP contribution in [0.2, 0.25) is 0 Å². The van der Waals surface area contributed by atoms with Gasteiger partial charge in [0.2, 0.25) is 5.89 Å². The third kappa shape index (κ3) is 3.99. The van der Waals surface area contributed by atoms with Crippen molar-refractivity contribution in [1.29, 1.82) is 0 Å². The minimum Gasteiger partial charge on any atom is -0.403 e. The summed E-state index contributed by atoms with van der Waals surface area (Å²) in [4.78, 5) is 12.4. The minimum absolute atomic E-state index is 0.0440. The van der Waals surface area contributed by atoms with Crippen LogP contribution in [-0.4, -0.2) is 16.1 Å². The van der Waals surface area contributed by atoms with Crippen LogP contribution in [0.4, 0.5) is 6.01 Å². The Morgan fingerprint density at radius 2 is 1.58 bits per heavy atom. The van der Waals surface area contributed by atoms with Gasteiger partial charge in [0.1, 0.15) is 0 Å². The highest BCUT2D eigenvalue weighted by Gasteiger charge is 2.16. The Labute approximate surface area is 153 Å². The summed E-state index contributed by atoms with van der Waals surface area (Å²) in [5.41, 5.74) is 4.83. The lowest BCUT2D eigenvalue weighted by atomic mass is 9.87. The first-order valence-electron chi connectivity index (χ1n) is 8.56. The van der Waals surface area contributed by atoms with Gasteiger partial charge < -0.3 is 4.42 Å². The monoisotopic (exact) mass is 349 g/mol. The average Bonchev–Trinajstić information content (AvgIpc) is 3.02. The summed E-state index contributed by atoms with van der Waals surface area (Å²) < 4.78 is 5.60. The molecule has 0 atom stereocenters. The molecule has 0 fully saturated rings. The Balaban J connectivity index is 1.75. The van der Waals surface area contributed by atoms with E-state index in [4.69, 9.17) is 4.42 Å². The number of nitrogens with one attached hydrogen (secondary N) is 1. The summed E-state index contributed by atoms with van der Waals surface area (Å²) in [6.45, 7) is 10.4. The number of nitrogens with zero attached hydrogens (tertiary/aromatic N) is 2. The molecule has 5 heteroatoms. The molecule has 0 saturated heterocycles. The fourth-order valence-electron chi connectivity index (χ4n) is 2.78. The van der Waals surface area contributed by atoms with Crippen LogP contribution in [0.15, 0.2) is 46.9 Å². The largest absolute Gasteiger partial charge is 0.403 e. The van der Waals surface area contributed by atoms with Crippen molar-refractivity contribution in [3.05, 3.63) is 64.7 Å². The summed E-state index contributed by atoms with van der Waals surface area (Å²) in [6, 6.07) is 13.6. The second-order valence-electron chi connectivity index (χ2n) is 7.57. The highest BCUT2D eigenvalue weighted by atomic mass is 16.4. The molecule has 0 unspecified atom stereocenters. The first-order valence-corrected chi connectivity index (χ1v) is 8.56. The molecule has 0 saturated carbocycles. The molecule has 0 bridgehead atoms. The smallest absolute Gasteiger partial charge is 0.322 e. The number of aromatic nitrogens is 2. The van der Waals surface area contributed by atoms with E-state index in [0.29, 0.717) is 11.5 Å². The second kappa shape index (κ2) is 6.75. The molecule has 0 spiro atoms. The van der Waals surface area contributed by atoms with E-state index in [2.05, 4.69) is 42.4 Å². The number of carbonyl (C=O) groups excluding carboxylic acids is 1. The van der Waals surface area contributed by atoms with Gasteiger partial charge >= 0.3 is 6.01 Å². The predicted molar refractivity (Wildman–Crippen MR) is 102 cm³/mol. The summed E-state index contributed by atoms with van der Waals surface area (Å²) in [5, 5.41) is 10.6. The Kier molecular flexibility index (Phi) is 4.64. The number of carbonyl (C=O) groups is 1. The molecule has 1 aromatic heterocycles.